The van der Waals surface area contributed by atoms with Crippen LogP contribution in [-0.4, -0.2) is 24.8 Å². The van der Waals surface area contributed by atoms with Gasteiger partial charge in [-0.1, -0.05) is 18.5 Å². The molecule has 0 bridgehead atoms. The van der Waals surface area contributed by atoms with Gasteiger partial charge in [0.1, 0.15) is 0 Å². The summed E-state index contributed by atoms with van der Waals surface area (Å²) < 4.78 is 29.0. The highest BCUT2D eigenvalue weighted by molar-refractivity contribution is 7.90. The minimum absolute atomic E-state index is 0.106. The van der Waals surface area contributed by atoms with Crippen LogP contribution < -0.4 is 4.72 Å². The van der Waals surface area contributed by atoms with Crippen LogP contribution in [0.5, 0.6) is 0 Å². The molecule has 1 heterocycles. The molecule has 1 saturated heterocycles. The highest BCUT2D eigenvalue weighted by Crippen LogP contribution is 2.48. The molecule has 1 spiro atoms. The number of hydrogen-bond donors (Lipinski definition) is 1. The maximum absolute atomic E-state index is 12.4. The van der Waals surface area contributed by atoms with Crippen LogP contribution in [0.4, 0.5) is 5.69 Å². The Morgan fingerprint density at radius 3 is 2.45 bits per heavy atom. The van der Waals surface area contributed by atoms with Crippen molar-refractivity contribution in [1.29, 1.82) is 0 Å². The van der Waals surface area contributed by atoms with Gasteiger partial charge in [-0.3, -0.25) is 4.72 Å². The third-order valence-electron chi connectivity index (χ3n) is 4.45. The zero-order chi connectivity index (χ0) is 14.4. The molecule has 0 aromatic heterocycles. The van der Waals surface area contributed by atoms with Crippen molar-refractivity contribution in [2.45, 2.75) is 38.1 Å². The van der Waals surface area contributed by atoms with Crippen LogP contribution >= 0.6 is 11.6 Å². The molecular formula is C14H19ClN2O2S. The van der Waals surface area contributed by atoms with E-state index in [0.717, 1.165) is 31.6 Å². The van der Waals surface area contributed by atoms with E-state index in [1.54, 1.807) is 28.6 Å². The fourth-order valence-electron chi connectivity index (χ4n) is 3.00. The van der Waals surface area contributed by atoms with Gasteiger partial charge in [-0.15, -0.1) is 0 Å². The van der Waals surface area contributed by atoms with Crippen molar-refractivity contribution in [2.75, 3.05) is 11.3 Å². The quantitative estimate of drug-likeness (QED) is 0.871. The van der Waals surface area contributed by atoms with E-state index in [0.29, 0.717) is 17.3 Å². The van der Waals surface area contributed by atoms with Crippen molar-refractivity contribution in [3.05, 3.63) is 29.3 Å². The van der Waals surface area contributed by atoms with Gasteiger partial charge >= 0.3 is 10.2 Å². The molecule has 20 heavy (non-hydrogen) atoms. The third kappa shape index (κ3) is 2.67. The Balaban J connectivity index is 1.69. The fraction of sp³-hybridized carbons (Fsp3) is 0.571. The summed E-state index contributed by atoms with van der Waals surface area (Å²) in [4.78, 5) is 0. The Labute approximate surface area is 125 Å². The van der Waals surface area contributed by atoms with Crippen LogP contribution in [0.1, 0.15) is 32.6 Å². The molecule has 6 heteroatoms. The average Bonchev–Trinajstić information content (AvgIpc) is 3.12. The lowest BCUT2D eigenvalue weighted by atomic mass is 9.83. The SMILES string of the molecule is CC1CCC2(CC1)CN2S(=O)(=O)Nc1ccc(Cl)cc1. The summed E-state index contributed by atoms with van der Waals surface area (Å²) in [6.07, 6.45) is 4.20. The van der Waals surface area contributed by atoms with Crippen molar-refractivity contribution in [3.63, 3.8) is 0 Å². The van der Waals surface area contributed by atoms with Crippen molar-refractivity contribution in [3.8, 4) is 0 Å². The minimum Gasteiger partial charge on any atom is -0.271 e. The summed E-state index contributed by atoms with van der Waals surface area (Å²) in [5.74, 6) is 0.718. The van der Waals surface area contributed by atoms with E-state index in [1.165, 1.54) is 0 Å². The second-order valence-electron chi connectivity index (χ2n) is 6.03. The van der Waals surface area contributed by atoms with Crippen molar-refractivity contribution < 1.29 is 8.42 Å². The lowest BCUT2D eigenvalue weighted by molar-refractivity contribution is 0.300. The van der Waals surface area contributed by atoms with Crippen LogP contribution in [-0.2, 0) is 10.2 Å². The number of anilines is 1. The van der Waals surface area contributed by atoms with Crippen LogP contribution in [0, 0.1) is 5.92 Å². The van der Waals surface area contributed by atoms with E-state index in [4.69, 9.17) is 11.6 Å². The Bertz CT molecular complexity index is 592. The van der Waals surface area contributed by atoms with Gasteiger partial charge in [0, 0.05) is 17.3 Å². The molecule has 110 valence electrons. The van der Waals surface area contributed by atoms with Crippen LogP contribution in [0.2, 0.25) is 5.02 Å². The molecule has 1 saturated carbocycles. The molecule has 3 rings (SSSR count). The predicted octanol–water partition coefficient (Wildman–Crippen LogP) is 3.26. The summed E-state index contributed by atoms with van der Waals surface area (Å²) >= 11 is 5.80. The second-order valence-corrected chi connectivity index (χ2v) is 8.06. The summed E-state index contributed by atoms with van der Waals surface area (Å²) in [6.45, 7) is 2.89. The number of nitrogens with one attached hydrogen (secondary N) is 1. The van der Waals surface area contributed by atoms with Gasteiger partial charge in [0.25, 0.3) is 0 Å². The third-order valence-corrected chi connectivity index (χ3v) is 6.29. The summed E-state index contributed by atoms with van der Waals surface area (Å²) in [6, 6.07) is 6.72. The van der Waals surface area contributed by atoms with Gasteiger partial charge in [0.15, 0.2) is 0 Å². The second kappa shape index (κ2) is 4.90. The molecular weight excluding hydrogens is 296 g/mol. The number of rotatable bonds is 3. The number of nitrogens with zero attached hydrogens (tertiary/aromatic N) is 1. The monoisotopic (exact) mass is 314 g/mol. The first-order chi connectivity index (χ1) is 9.41. The molecule has 1 N–H and O–H groups in total. The van der Waals surface area contributed by atoms with Gasteiger partial charge in [-0.25, -0.2) is 0 Å². The Kier molecular flexibility index (Phi) is 3.47. The molecule has 2 fully saturated rings. The summed E-state index contributed by atoms with van der Waals surface area (Å²) in [5, 5.41) is 0.595. The standard InChI is InChI=1S/C14H19ClN2O2S/c1-11-6-8-14(9-7-11)10-17(14)20(18,19)16-13-4-2-12(15)3-5-13/h2-5,11,16H,6-10H2,1H3. The van der Waals surface area contributed by atoms with Gasteiger partial charge in [0.2, 0.25) is 0 Å². The topological polar surface area (TPSA) is 49.2 Å². The largest absolute Gasteiger partial charge is 0.302 e. The molecule has 0 amide bonds. The summed E-state index contributed by atoms with van der Waals surface area (Å²) in [5.41, 5.74) is 0.450. The van der Waals surface area contributed by atoms with E-state index in [2.05, 4.69) is 11.6 Å². The normalized spacial score (nSPS) is 33.1. The molecule has 1 aromatic carbocycles. The Hall–Kier alpha value is -0.780. The lowest BCUT2D eigenvalue weighted by Crippen LogP contribution is -2.31. The zero-order valence-corrected chi connectivity index (χ0v) is 13.0. The average molecular weight is 315 g/mol. The first kappa shape index (κ1) is 14.2. The van der Waals surface area contributed by atoms with E-state index in [9.17, 15) is 8.42 Å². The van der Waals surface area contributed by atoms with Gasteiger partial charge in [0.05, 0.1) is 5.54 Å². The van der Waals surface area contributed by atoms with Crippen LogP contribution in [0.15, 0.2) is 24.3 Å². The van der Waals surface area contributed by atoms with Crippen molar-refractivity contribution >= 4 is 27.5 Å². The number of benzene rings is 1. The Morgan fingerprint density at radius 1 is 1.25 bits per heavy atom. The van der Waals surface area contributed by atoms with Crippen LogP contribution in [0.3, 0.4) is 0 Å². The molecule has 4 nitrogen and oxygen atoms in total. The molecule has 1 aliphatic carbocycles. The molecule has 1 unspecified atom stereocenters. The highest BCUT2D eigenvalue weighted by Gasteiger charge is 2.58. The first-order valence-corrected chi connectivity index (χ1v) is 8.79. The molecule has 2 aliphatic rings. The zero-order valence-electron chi connectivity index (χ0n) is 11.5. The fourth-order valence-corrected chi connectivity index (χ4v) is 4.77. The van der Waals surface area contributed by atoms with Crippen LogP contribution in [0.25, 0.3) is 0 Å². The van der Waals surface area contributed by atoms with Crippen molar-refractivity contribution in [2.24, 2.45) is 5.92 Å². The number of halogens is 1. The molecule has 0 radical (unpaired) electrons. The molecule has 1 atom stereocenters. The van der Waals surface area contributed by atoms with Gasteiger partial charge in [-0.2, -0.15) is 12.7 Å². The van der Waals surface area contributed by atoms with Gasteiger partial charge in [-0.05, 0) is 55.9 Å². The van der Waals surface area contributed by atoms with E-state index in [-0.39, 0.29) is 5.54 Å². The molecule has 1 aromatic rings. The molecule has 1 aliphatic heterocycles. The van der Waals surface area contributed by atoms with E-state index in [1.807, 2.05) is 0 Å². The smallest absolute Gasteiger partial charge is 0.271 e. The van der Waals surface area contributed by atoms with E-state index < -0.39 is 10.2 Å². The first-order valence-electron chi connectivity index (χ1n) is 6.97. The highest BCUT2D eigenvalue weighted by atomic mass is 35.5. The minimum atomic E-state index is -3.44. The van der Waals surface area contributed by atoms with Crippen molar-refractivity contribution in [1.82, 2.24) is 4.31 Å². The number of hydrogen-bond acceptors (Lipinski definition) is 2. The Morgan fingerprint density at radius 2 is 1.85 bits per heavy atom. The van der Waals surface area contributed by atoms with E-state index >= 15 is 0 Å². The lowest BCUT2D eigenvalue weighted by Gasteiger charge is -2.26. The predicted molar refractivity (Wildman–Crippen MR) is 81.1 cm³/mol. The van der Waals surface area contributed by atoms with Gasteiger partial charge < -0.3 is 0 Å². The maximum Gasteiger partial charge on any atom is 0.302 e. The summed E-state index contributed by atoms with van der Waals surface area (Å²) in [7, 11) is -3.44. The maximum atomic E-state index is 12.4.